The number of aromatic nitrogens is 2. The molecule has 0 N–H and O–H groups in total. The molecular formula is C21H20ClN3O2. The summed E-state index contributed by atoms with van der Waals surface area (Å²) in [6, 6.07) is 13.1. The van der Waals surface area contributed by atoms with Crippen LogP contribution in [0.1, 0.15) is 33.4 Å². The van der Waals surface area contributed by atoms with E-state index >= 15 is 0 Å². The number of nitrogens with zero attached hydrogens (tertiary/aromatic N) is 3. The van der Waals surface area contributed by atoms with E-state index in [9.17, 15) is 4.79 Å². The van der Waals surface area contributed by atoms with Crippen molar-refractivity contribution in [3.8, 4) is 0 Å². The smallest absolute Gasteiger partial charge is 0.254 e. The van der Waals surface area contributed by atoms with Gasteiger partial charge in [0, 0.05) is 17.1 Å². The normalized spacial score (nSPS) is 17.3. The molecule has 1 amide bonds. The zero-order valence-electron chi connectivity index (χ0n) is 15.3. The molecule has 0 saturated carbocycles. The largest absolute Gasteiger partial charge is 0.370 e. The third-order valence-corrected chi connectivity index (χ3v) is 5.13. The minimum atomic E-state index is -0.174. The van der Waals surface area contributed by atoms with Crippen molar-refractivity contribution in [3.63, 3.8) is 0 Å². The van der Waals surface area contributed by atoms with Gasteiger partial charge in [0.2, 0.25) is 0 Å². The number of carbonyl (C=O) groups excluding carboxylic acids is 1. The van der Waals surface area contributed by atoms with Gasteiger partial charge in [-0.05, 0) is 49.7 Å². The quantitative estimate of drug-likeness (QED) is 0.670. The Labute approximate surface area is 162 Å². The SMILES string of the molecule is Cc1nc2ccc(C(=O)N3CCOC(c4cccc(Cl)c4)C3)cc2nc1C. The Balaban J connectivity index is 1.58. The molecule has 1 aliphatic heterocycles. The first-order valence-electron chi connectivity index (χ1n) is 8.92. The van der Waals surface area contributed by atoms with Crippen LogP contribution in [0.25, 0.3) is 11.0 Å². The predicted octanol–water partition coefficient (Wildman–Crippen LogP) is 4.11. The summed E-state index contributed by atoms with van der Waals surface area (Å²) in [5, 5.41) is 0.665. The highest BCUT2D eigenvalue weighted by molar-refractivity contribution is 6.30. The number of hydrogen-bond acceptors (Lipinski definition) is 4. The molecule has 0 aliphatic carbocycles. The Bertz CT molecular complexity index is 1020. The van der Waals surface area contributed by atoms with E-state index < -0.39 is 0 Å². The Kier molecular flexibility index (Phi) is 4.81. The number of morpholine rings is 1. The van der Waals surface area contributed by atoms with Crippen LogP contribution in [0, 0.1) is 13.8 Å². The van der Waals surface area contributed by atoms with Crippen LogP contribution in [0.3, 0.4) is 0 Å². The highest BCUT2D eigenvalue weighted by atomic mass is 35.5. The monoisotopic (exact) mass is 381 g/mol. The molecule has 138 valence electrons. The number of hydrogen-bond donors (Lipinski definition) is 0. The van der Waals surface area contributed by atoms with Crippen LogP contribution >= 0.6 is 11.6 Å². The number of carbonyl (C=O) groups is 1. The fraction of sp³-hybridized carbons (Fsp3) is 0.286. The van der Waals surface area contributed by atoms with Crippen molar-refractivity contribution in [2.45, 2.75) is 20.0 Å². The average Bonchev–Trinajstić information content (AvgIpc) is 2.68. The van der Waals surface area contributed by atoms with Crippen LogP contribution in [0.4, 0.5) is 0 Å². The van der Waals surface area contributed by atoms with E-state index in [1.807, 2.05) is 61.2 Å². The Morgan fingerprint density at radius 1 is 1.11 bits per heavy atom. The van der Waals surface area contributed by atoms with Crippen LogP contribution in [0.15, 0.2) is 42.5 Å². The summed E-state index contributed by atoms with van der Waals surface area (Å²) in [5.41, 5.74) is 4.91. The first-order chi connectivity index (χ1) is 13.0. The molecule has 2 aromatic carbocycles. The molecule has 5 nitrogen and oxygen atoms in total. The molecule has 3 aromatic rings. The van der Waals surface area contributed by atoms with Gasteiger partial charge >= 0.3 is 0 Å². The highest BCUT2D eigenvalue weighted by Crippen LogP contribution is 2.26. The fourth-order valence-corrected chi connectivity index (χ4v) is 3.49. The Morgan fingerprint density at radius 2 is 1.89 bits per heavy atom. The predicted molar refractivity (Wildman–Crippen MR) is 105 cm³/mol. The van der Waals surface area contributed by atoms with Gasteiger partial charge in [0.15, 0.2) is 0 Å². The first-order valence-corrected chi connectivity index (χ1v) is 9.30. The fourth-order valence-electron chi connectivity index (χ4n) is 3.29. The van der Waals surface area contributed by atoms with Crippen LogP contribution < -0.4 is 0 Å². The maximum Gasteiger partial charge on any atom is 0.254 e. The molecule has 4 rings (SSSR count). The highest BCUT2D eigenvalue weighted by Gasteiger charge is 2.26. The van der Waals surface area contributed by atoms with Crippen molar-refractivity contribution in [3.05, 3.63) is 70.0 Å². The lowest BCUT2D eigenvalue weighted by atomic mass is 10.1. The summed E-state index contributed by atoms with van der Waals surface area (Å²) in [5.74, 6) is -0.0211. The maximum absolute atomic E-state index is 13.0. The molecule has 1 saturated heterocycles. The molecule has 1 fully saturated rings. The lowest BCUT2D eigenvalue weighted by molar-refractivity contribution is -0.0228. The van der Waals surface area contributed by atoms with Gasteiger partial charge in [-0.3, -0.25) is 4.79 Å². The number of halogens is 1. The summed E-state index contributed by atoms with van der Waals surface area (Å²) >= 11 is 6.09. The van der Waals surface area contributed by atoms with E-state index in [1.54, 1.807) is 0 Å². The summed E-state index contributed by atoms with van der Waals surface area (Å²) in [7, 11) is 0. The van der Waals surface area contributed by atoms with Crippen molar-refractivity contribution >= 4 is 28.5 Å². The van der Waals surface area contributed by atoms with Crippen molar-refractivity contribution in [2.75, 3.05) is 19.7 Å². The van der Waals surface area contributed by atoms with E-state index in [-0.39, 0.29) is 12.0 Å². The second-order valence-corrected chi connectivity index (χ2v) is 7.20. The first kappa shape index (κ1) is 17.9. The van der Waals surface area contributed by atoms with Crippen molar-refractivity contribution in [1.29, 1.82) is 0 Å². The van der Waals surface area contributed by atoms with Crippen LogP contribution in [0.5, 0.6) is 0 Å². The van der Waals surface area contributed by atoms with Crippen molar-refractivity contribution in [2.24, 2.45) is 0 Å². The summed E-state index contributed by atoms with van der Waals surface area (Å²) in [6.07, 6.45) is -0.174. The Morgan fingerprint density at radius 3 is 2.67 bits per heavy atom. The summed E-state index contributed by atoms with van der Waals surface area (Å²) in [6.45, 7) is 5.41. The molecule has 1 unspecified atom stereocenters. The topological polar surface area (TPSA) is 55.3 Å². The lowest BCUT2D eigenvalue weighted by Crippen LogP contribution is -2.42. The van der Waals surface area contributed by atoms with Crippen LogP contribution in [0.2, 0.25) is 5.02 Å². The number of fused-ring (bicyclic) bond motifs is 1. The van der Waals surface area contributed by atoms with Gasteiger partial charge in [-0.2, -0.15) is 0 Å². The van der Waals surface area contributed by atoms with Crippen LogP contribution in [-0.4, -0.2) is 40.5 Å². The number of ether oxygens (including phenoxy) is 1. The van der Waals surface area contributed by atoms with E-state index in [0.717, 1.165) is 28.0 Å². The van der Waals surface area contributed by atoms with E-state index in [1.165, 1.54) is 0 Å². The number of aryl methyl sites for hydroxylation is 2. The van der Waals surface area contributed by atoms with E-state index in [0.29, 0.717) is 30.3 Å². The van der Waals surface area contributed by atoms with Gasteiger partial charge in [0.25, 0.3) is 5.91 Å². The number of rotatable bonds is 2. The molecule has 0 radical (unpaired) electrons. The Hall–Kier alpha value is -2.50. The van der Waals surface area contributed by atoms with Gasteiger partial charge in [0.1, 0.15) is 6.10 Å². The molecule has 0 spiro atoms. The molecule has 27 heavy (non-hydrogen) atoms. The minimum Gasteiger partial charge on any atom is -0.370 e. The molecule has 2 heterocycles. The number of amides is 1. The second kappa shape index (κ2) is 7.25. The molecule has 6 heteroatoms. The van der Waals surface area contributed by atoms with E-state index in [4.69, 9.17) is 16.3 Å². The summed E-state index contributed by atoms with van der Waals surface area (Å²) < 4.78 is 5.86. The minimum absolute atomic E-state index is 0.0211. The van der Waals surface area contributed by atoms with Gasteiger partial charge in [-0.15, -0.1) is 0 Å². The van der Waals surface area contributed by atoms with Gasteiger partial charge in [0.05, 0.1) is 35.6 Å². The third kappa shape index (κ3) is 3.66. The molecule has 1 aliphatic rings. The average molecular weight is 382 g/mol. The van der Waals surface area contributed by atoms with Crippen molar-refractivity contribution in [1.82, 2.24) is 14.9 Å². The van der Waals surface area contributed by atoms with Gasteiger partial charge in [-0.25, -0.2) is 9.97 Å². The molecule has 1 aromatic heterocycles. The van der Waals surface area contributed by atoms with Crippen LogP contribution in [-0.2, 0) is 4.74 Å². The standard InChI is InChI=1S/C21H20ClN3O2/c1-13-14(2)24-19-11-16(6-7-18(19)23-13)21(26)25-8-9-27-20(12-25)15-4-3-5-17(22)10-15/h3-7,10-11,20H,8-9,12H2,1-2H3. The molecular weight excluding hydrogens is 362 g/mol. The molecule has 1 atom stereocenters. The third-order valence-electron chi connectivity index (χ3n) is 4.90. The summed E-state index contributed by atoms with van der Waals surface area (Å²) in [4.78, 5) is 24.0. The molecule has 0 bridgehead atoms. The van der Waals surface area contributed by atoms with E-state index in [2.05, 4.69) is 9.97 Å². The van der Waals surface area contributed by atoms with Crippen molar-refractivity contribution < 1.29 is 9.53 Å². The maximum atomic E-state index is 13.0. The van der Waals surface area contributed by atoms with Gasteiger partial charge in [-0.1, -0.05) is 23.7 Å². The second-order valence-electron chi connectivity index (χ2n) is 6.76. The zero-order valence-corrected chi connectivity index (χ0v) is 16.0. The lowest BCUT2D eigenvalue weighted by Gasteiger charge is -2.33. The number of benzene rings is 2. The zero-order chi connectivity index (χ0) is 19.0. The van der Waals surface area contributed by atoms with Gasteiger partial charge < -0.3 is 9.64 Å².